The van der Waals surface area contributed by atoms with Crippen LogP contribution in [0.4, 0.5) is 0 Å². The topological polar surface area (TPSA) is 62.5 Å². The van der Waals surface area contributed by atoms with Gasteiger partial charge in [0, 0.05) is 6.54 Å². The predicted octanol–water partition coefficient (Wildman–Crippen LogP) is 2.75. The number of hydrogen-bond donors (Lipinski definition) is 2. The van der Waals surface area contributed by atoms with E-state index in [4.69, 9.17) is 16.0 Å². The second-order valence-electron chi connectivity index (χ2n) is 4.93. The number of carbonyl (C=O) groups is 1. The zero-order chi connectivity index (χ0) is 13.0. The number of rotatable bonds is 3. The first kappa shape index (κ1) is 13.4. The molecule has 0 aliphatic heterocycles. The third-order valence-electron chi connectivity index (χ3n) is 3.47. The molecule has 1 aliphatic rings. The Morgan fingerprint density at radius 2 is 2.06 bits per heavy atom. The smallest absolute Gasteiger partial charge is 0.256 e. The van der Waals surface area contributed by atoms with Gasteiger partial charge in [-0.2, -0.15) is 0 Å². The highest BCUT2D eigenvalue weighted by atomic mass is 35.5. The molecule has 1 fully saturated rings. The van der Waals surface area contributed by atoms with Crippen molar-refractivity contribution in [2.75, 3.05) is 6.54 Å². The van der Waals surface area contributed by atoms with E-state index in [0.717, 1.165) is 38.5 Å². The first-order valence-electron chi connectivity index (χ1n) is 6.34. The lowest BCUT2D eigenvalue weighted by Crippen LogP contribution is -2.42. The van der Waals surface area contributed by atoms with Crippen LogP contribution in [0.2, 0.25) is 5.22 Å². The van der Waals surface area contributed by atoms with Crippen molar-refractivity contribution in [1.82, 2.24) is 5.32 Å². The summed E-state index contributed by atoms with van der Waals surface area (Å²) >= 11 is 5.73. The van der Waals surface area contributed by atoms with Gasteiger partial charge < -0.3 is 14.8 Å². The fraction of sp³-hybridized carbons (Fsp3) is 0.615. The van der Waals surface area contributed by atoms with Gasteiger partial charge in [-0.3, -0.25) is 4.79 Å². The summed E-state index contributed by atoms with van der Waals surface area (Å²) in [5.74, 6) is -0.300. The van der Waals surface area contributed by atoms with E-state index in [1.54, 1.807) is 0 Å². The lowest BCUT2D eigenvalue weighted by molar-refractivity contribution is 0.0246. The van der Waals surface area contributed by atoms with Crippen molar-refractivity contribution in [2.24, 2.45) is 0 Å². The molecule has 2 N–H and O–H groups in total. The van der Waals surface area contributed by atoms with E-state index in [-0.39, 0.29) is 17.7 Å². The first-order valence-corrected chi connectivity index (χ1v) is 6.72. The van der Waals surface area contributed by atoms with Crippen LogP contribution in [0.15, 0.2) is 16.7 Å². The molecule has 1 heterocycles. The molecule has 0 aromatic carbocycles. The third-order valence-corrected chi connectivity index (χ3v) is 3.77. The van der Waals surface area contributed by atoms with E-state index in [1.165, 1.54) is 12.3 Å². The predicted molar refractivity (Wildman–Crippen MR) is 68.7 cm³/mol. The van der Waals surface area contributed by atoms with Crippen LogP contribution in [0.3, 0.4) is 0 Å². The Morgan fingerprint density at radius 1 is 1.39 bits per heavy atom. The van der Waals surface area contributed by atoms with Gasteiger partial charge in [0.15, 0.2) is 0 Å². The highest BCUT2D eigenvalue weighted by Gasteiger charge is 2.28. The van der Waals surface area contributed by atoms with Crippen LogP contribution in [-0.4, -0.2) is 23.2 Å². The van der Waals surface area contributed by atoms with Gasteiger partial charge in [0.1, 0.15) is 0 Å². The fourth-order valence-corrected chi connectivity index (χ4v) is 2.56. The van der Waals surface area contributed by atoms with Crippen molar-refractivity contribution in [2.45, 2.75) is 44.1 Å². The molecule has 0 spiro atoms. The monoisotopic (exact) mass is 271 g/mol. The molecule has 0 unspecified atom stereocenters. The molecule has 0 bridgehead atoms. The van der Waals surface area contributed by atoms with Crippen molar-refractivity contribution in [3.63, 3.8) is 0 Å². The van der Waals surface area contributed by atoms with Crippen LogP contribution < -0.4 is 5.32 Å². The fourth-order valence-electron chi connectivity index (χ4n) is 2.36. The minimum atomic E-state index is -0.775. The number of hydrogen-bond acceptors (Lipinski definition) is 3. The Bertz CT molecular complexity index is 408. The number of carbonyl (C=O) groups excluding carboxylic acids is 1. The van der Waals surface area contributed by atoms with E-state index in [0.29, 0.717) is 5.56 Å². The molecule has 5 heteroatoms. The summed E-state index contributed by atoms with van der Waals surface area (Å²) in [5.41, 5.74) is -0.462. The highest BCUT2D eigenvalue weighted by Crippen LogP contribution is 2.26. The number of halogens is 1. The maximum absolute atomic E-state index is 11.8. The maximum atomic E-state index is 11.8. The molecule has 18 heavy (non-hydrogen) atoms. The van der Waals surface area contributed by atoms with Crippen molar-refractivity contribution in [3.05, 3.63) is 23.1 Å². The molecule has 4 nitrogen and oxygen atoms in total. The van der Waals surface area contributed by atoms with Crippen LogP contribution in [0.1, 0.15) is 48.9 Å². The Labute approximate surface area is 111 Å². The van der Waals surface area contributed by atoms with Crippen molar-refractivity contribution >= 4 is 17.5 Å². The summed E-state index contributed by atoms with van der Waals surface area (Å²) in [6, 6.07) is 1.52. The van der Waals surface area contributed by atoms with Gasteiger partial charge in [-0.15, -0.1) is 0 Å². The van der Waals surface area contributed by atoms with Gasteiger partial charge in [-0.1, -0.05) is 25.7 Å². The molecular weight excluding hydrogens is 254 g/mol. The zero-order valence-corrected chi connectivity index (χ0v) is 11.0. The van der Waals surface area contributed by atoms with E-state index in [9.17, 15) is 9.90 Å². The quantitative estimate of drug-likeness (QED) is 0.831. The molecule has 1 amide bonds. The standard InChI is InChI=1S/C13H18ClNO3/c14-11-10(5-8-18-11)12(16)15-9-13(17)6-3-1-2-4-7-13/h5,8,17H,1-4,6-7,9H2,(H,15,16). The summed E-state index contributed by atoms with van der Waals surface area (Å²) in [4.78, 5) is 11.8. The van der Waals surface area contributed by atoms with Crippen LogP contribution in [0, 0.1) is 0 Å². The zero-order valence-electron chi connectivity index (χ0n) is 10.2. The van der Waals surface area contributed by atoms with Gasteiger partial charge >= 0.3 is 0 Å². The number of amides is 1. The van der Waals surface area contributed by atoms with Crippen LogP contribution in [0.5, 0.6) is 0 Å². The average molecular weight is 272 g/mol. The summed E-state index contributed by atoms with van der Waals surface area (Å²) in [6.45, 7) is 0.271. The highest BCUT2D eigenvalue weighted by molar-refractivity contribution is 6.32. The molecule has 1 aliphatic carbocycles. The lowest BCUT2D eigenvalue weighted by Gasteiger charge is -2.26. The number of nitrogens with one attached hydrogen (secondary N) is 1. The van der Waals surface area contributed by atoms with Crippen molar-refractivity contribution in [3.8, 4) is 0 Å². The SMILES string of the molecule is O=C(NCC1(O)CCCCCC1)c1ccoc1Cl. The molecular formula is C13H18ClNO3. The maximum Gasteiger partial charge on any atom is 0.256 e. The molecule has 1 saturated carbocycles. The van der Waals surface area contributed by atoms with Gasteiger partial charge in [0.05, 0.1) is 17.4 Å². The van der Waals surface area contributed by atoms with E-state index in [2.05, 4.69) is 5.32 Å². The van der Waals surface area contributed by atoms with Crippen molar-refractivity contribution in [1.29, 1.82) is 0 Å². The minimum Gasteiger partial charge on any atom is -0.452 e. The second-order valence-corrected chi connectivity index (χ2v) is 5.27. The van der Waals surface area contributed by atoms with Crippen LogP contribution in [-0.2, 0) is 0 Å². The molecule has 1 aromatic heterocycles. The van der Waals surface area contributed by atoms with Crippen LogP contribution >= 0.6 is 11.6 Å². The second kappa shape index (κ2) is 5.76. The summed E-state index contributed by atoms with van der Waals surface area (Å²) in [7, 11) is 0. The summed E-state index contributed by atoms with van der Waals surface area (Å²) in [5, 5.41) is 13.2. The Kier molecular flexibility index (Phi) is 4.30. The Morgan fingerprint density at radius 3 is 2.61 bits per heavy atom. The Hall–Kier alpha value is -1.00. The molecule has 0 saturated heterocycles. The van der Waals surface area contributed by atoms with Gasteiger partial charge in [0.2, 0.25) is 5.22 Å². The molecule has 2 rings (SSSR count). The van der Waals surface area contributed by atoms with E-state index in [1.807, 2.05) is 0 Å². The average Bonchev–Trinajstić information content (AvgIpc) is 2.65. The summed E-state index contributed by atoms with van der Waals surface area (Å²) < 4.78 is 4.86. The number of aliphatic hydroxyl groups is 1. The molecule has 100 valence electrons. The normalized spacial score (nSPS) is 19.2. The molecule has 1 aromatic rings. The molecule has 0 radical (unpaired) electrons. The third kappa shape index (κ3) is 3.27. The van der Waals surface area contributed by atoms with Gasteiger partial charge in [-0.05, 0) is 30.5 Å². The largest absolute Gasteiger partial charge is 0.452 e. The van der Waals surface area contributed by atoms with E-state index < -0.39 is 5.60 Å². The molecule has 0 atom stereocenters. The van der Waals surface area contributed by atoms with Crippen molar-refractivity contribution < 1.29 is 14.3 Å². The van der Waals surface area contributed by atoms with Gasteiger partial charge in [-0.25, -0.2) is 0 Å². The first-order chi connectivity index (χ1) is 8.61. The summed E-state index contributed by atoms with van der Waals surface area (Å²) in [6.07, 6.45) is 7.20. The van der Waals surface area contributed by atoms with Gasteiger partial charge in [0.25, 0.3) is 5.91 Å². The van der Waals surface area contributed by atoms with Crippen LogP contribution in [0.25, 0.3) is 0 Å². The minimum absolute atomic E-state index is 0.0837. The van der Waals surface area contributed by atoms with E-state index >= 15 is 0 Å². The lowest BCUT2D eigenvalue weighted by atomic mass is 9.94. The number of furan rings is 1. The Balaban J connectivity index is 1.90.